The predicted octanol–water partition coefficient (Wildman–Crippen LogP) is 3.84. The molecule has 3 aliphatic rings. The maximum Gasteiger partial charge on any atom is 0.241 e. The van der Waals surface area contributed by atoms with Crippen molar-refractivity contribution >= 4 is 11.6 Å². The number of benzene rings is 1. The average molecular weight is 540 g/mol. The van der Waals surface area contributed by atoms with Crippen molar-refractivity contribution in [2.75, 3.05) is 50.7 Å². The molecule has 39 heavy (non-hydrogen) atoms. The predicted molar refractivity (Wildman–Crippen MR) is 155 cm³/mol. The van der Waals surface area contributed by atoms with Gasteiger partial charge in [0, 0.05) is 63.0 Å². The Hall–Kier alpha value is -2.39. The molecule has 0 aliphatic carbocycles. The number of nitrogens with zero attached hydrogens (tertiary/aromatic N) is 4. The zero-order chi connectivity index (χ0) is 27.0. The molecule has 1 aromatic heterocycles. The van der Waals surface area contributed by atoms with Gasteiger partial charge >= 0.3 is 0 Å². The molecule has 214 valence electrons. The Bertz CT molecular complexity index is 1130. The van der Waals surface area contributed by atoms with Crippen LogP contribution in [0, 0.1) is 5.82 Å². The summed E-state index contributed by atoms with van der Waals surface area (Å²) in [5, 5.41) is 3.62. The number of fused-ring (bicyclic) bond motifs is 1. The van der Waals surface area contributed by atoms with Crippen molar-refractivity contribution in [1.29, 1.82) is 0 Å². The van der Waals surface area contributed by atoms with Gasteiger partial charge in [-0.1, -0.05) is 33.4 Å². The molecule has 8 heteroatoms. The number of morpholine rings is 1. The van der Waals surface area contributed by atoms with E-state index in [1.165, 1.54) is 12.1 Å². The molecular weight excluding hydrogens is 493 g/mol. The maximum absolute atomic E-state index is 13.9. The molecule has 4 heterocycles. The van der Waals surface area contributed by atoms with Crippen LogP contribution in [-0.4, -0.2) is 90.8 Å². The fourth-order valence-electron chi connectivity index (χ4n) is 6.33. The average Bonchev–Trinajstić information content (AvgIpc) is 3.12. The van der Waals surface area contributed by atoms with Gasteiger partial charge in [-0.2, -0.15) is 0 Å². The molecule has 0 radical (unpaired) electrons. The first-order chi connectivity index (χ1) is 18.1. The van der Waals surface area contributed by atoms with Gasteiger partial charge in [-0.05, 0) is 56.5 Å². The summed E-state index contributed by atoms with van der Waals surface area (Å²) in [4.78, 5) is 25.5. The van der Waals surface area contributed by atoms with E-state index in [0.29, 0.717) is 25.6 Å². The molecule has 2 aromatic rings. The number of anilines is 1. The number of hydrogen-bond acceptors (Lipinski definition) is 6. The minimum atomic E-state index is -0.238. The minimum absolute atomic E-state index is 0. The fourth-order valence-corrected chi connectivity index (χ4v) is 6.33. The molecule has 0 bridgehead atoms. The van der Waals surface area contributed by atoms with Crippen LogP contribution in [0.25, 0.3) is 0 Å². The maximum atomic E-state index is 13.9. The first kappa shape index (κ1) is 29.6. The number of piperazine rings is 1. The van der Waals surface area contributed by atoms with Crippen molar-refractivity contribution in [2.45, 2.75) is 78.2 Å². The molecule has 7 nitrogen and oxygen atoms in total. The van der Waals surface area contributed by atoms with Crippen LogP contribution in [-0.2, 0) is 21.4 Å². The Morgan fingerprint density at radius 3 is 2.49 bits per heavy atom. The number of halogens is 1. The minimum Gasteiger partial charge on any atom is -0.373 e. The highest BCUT2D eigenvalue weighted by Crippen LogP contribution is 2.39. The van der Waals surface area contributed by atoms with Crippen LogP contribution in [0.1, 0.15) is 58.9 Å². The summed E-state index contributed by atoms with van der Waals surface area (Å²) in [6.45, 7) is 16.3. The van der Waals surface area contributed by atoms with Crippen LogP contribution < -0.4 is 10.2 Å². The van der Waals surface area contributed by atoms with Crippen molar-refractivity contribution in [3.05, 3.63) is 59.2 Å². The molecule has 4 atom stereocenters. The lowest BCUT2D eigenvalue weighted by atomic mass is 9.91. The van der Waals surface area contributed by atoms with Crippen LogP contribution in [0.5, 0.6) is 0 Å². The first-order valence-corrected chi connectivity index (χ1v) is 14.0. The summed E-state index contributed by atoms with van der Waals surface area (Å²) in [5.74, 6) is -0.113. The fraction of sp³-hybridized carbons (Fsp3) is 0.613. The van der Waals surface area contributed by atoms with Crippen molar-refractivity contribution < 1.29 is 13.9 Å². The number of pyridine rings is 1. The summed E-state index contributed by atoms with van der Waals surface area (Å²) < 4.78 is 19.3. The summed E-state index contributed by atoms with van der Waals surface area (Å²) in [6, 6.07) is 9.29. The SMILES string of the molecule is C.C[C@@H]1CN(CC(=O)N2CC(C)(C)c3ncc(Cc4ccc(F)cc4)cc32)[C@@H](CN2C[C@@H](C)O[C@@H](C)C2)CN1. The number of nitrogens with one attached hydrogen (secondary N) is 1. The van der Waals surface area contributed by atoms with Gasteiger partial charge in [-0.25, -0.2) is 4.39 Å². The lowest BCUT2D eigenvalue weighted by Crippen LogP contribution is -2.62. The van der Waals surface area contributed by atoms with E-state index in [2.05, 4.69) is 55.8 Å². The van der Waals surface area contributed by atoms with Crippen LogP contribution in [0.15, 0.2) is 36.5 Å². The second-order valence-corrected chi connectivity index (χ2v) is 12.2. The standard InChI is InChI=1S/C30H42FN5O2.CH4/c1-20-14-35(26(13-32-20)17-34-15-21(2)38-22(3)16-34)18-28(37)36-19-30(4,5)29-27(36)11-24(12-33-29)10-23-6-8-25(31)9-7-23;/h6-9,11-12,20-22,26,32H,10,13-19H2,1-5H3;1H4/t20-,21-,22+,26-;/m1./s1. The van der Waals surface area contributed by atoms with Gasteiger partial charge in [0.1, 0.15) is 5.82 Å². The van der Waals surface area contributed by atoms with Crippen molar-refractivity contribution in [2.24, 2.45) is 0 Å². The van der Waals surface area contributed by atoms with E-state index in [-0.39, 0.29) is 42.8 Å². The highest BCUT2D eigenvalue weighted by molar-refractivity contribution is 5.97. The molecule has 1 aromatic carbocycles. The lowest BCUT2D eigenvalue weighted by molar-refractivity contribution is -0.121. The number of amides is 1. The zero-order valence-corrected chi connectivity index (χ0v) is 23.4. The first-order valence-electron chi connectivity index (χ1n) is 14.0. The third-order valence-electron chi connectivity index (χ3n) is 8.06. The van der Waals surface area contributed by atoms with Crippen molar-refractivity contribution in [3.63, 3.8) is 0 Å². The van der Waals surface area contributed by atoms with Crippen LogP contribution in [0.4, 0.5) is 10.1 Å². The summed E-state index contributed by atoms with van der Waals surface area (Å²) in [6.07, 6.45) is 3.00. The highest BCUT2D eigenvalue weighted by atomic mass is 19.1. The van der Waals surface area contributed by atoms with Crippen LogP contribution in [0.3, 0.4) is 0 Å². The number of rotatable bonds is 6. The van der Waals surface area contributed by atoms with Crippen molar-refractivity contribution in [1.82, 2.24) is 20.1 Å². The Kier molecular flexibility index (Phi) is 9.11. The normalized spacial score (nSPS) is 27.2. The Morgan fingerprint density at radius 1 is 1.10 bits per heavy atom. The van der Waals surface area contributed by atoms with E-state index in [9.17, 15) is 9.18 Å². The number of carbonyl (C=O) groups is 1. The van der Waals surface area contributed by atoms with E-state index in [0.717, 1.165) is 55.2 Å². The lowest BCUT2D eigenvalue weighted by Gasteiger charge is -2.44. The number of ether oxygens (including phenoxy) is 1. The monoisotopic (exact) mass is 539 g/mol. The van der Waals surface area contributed by atoms with Gasteiger partial charge in [-0.3, -0.25) is 19.6 Å². The second kappa shape index (κ2) is 12.0. The number of carbonyl (C=O) groups excluding carboxylic acids is 1. The van der Waals surface area contributed by atoms with Crippen molar-refractivity contribution in [3.8, 4) is 0 Å². The highest BCUT2D eigenvalue weighted by Gasteiger charge is 2.41. The molecule has 2 saturated heterocycles. The smallest absolute Gasteiger partial charge is 0.241 e. The molecule has 1 amide bonds. The summed E-state index contributed by atoms with van der Waals surface area (Å²) >= 11 is 0. The van der Waals surface area contributed by atoms with Gasteiger partial charge in [0.15, 0.2) is 0 Å². The van der Waals surface area contributed by atoms with E-state index in [4.69, 9.17) is 9.72 Å². The quantitative estimate of drug-likeness (QED) is 0.602. The topological polar surface area (TPSA) is 60.9 Å². The largest absolute Gasteiger partial charge is 0.373 e. The van der Waals surface area contributed by atoms with Gasteiger partial charge < -0.3 is 15.0 Å². The van der Waals surface area contributed by atoms with Gasteiger partial charge in [0.25, 0.3) is 0 Å². The molecule has 0 saturated carbocycles. The summed E-state index contributed by atoms with van der Waals surface area (Å²) in [5.41, 5.74) is 3.71. The van der Waals surface area contributed by atoms with E-state index >= 15 is 0 Å². The third-order valence-corrected chi connectivity index (χ3v) is 8.06. The van der Waals surface area contributed by atoms with Gasteiger partial charge in [-0.15, -0.1) is 0 Å². The summed E-state index contributed by atoms with van der Waals surface area (Å²) in [7, 11) is 0. The van der Waals surface area contributed by atoms with Crippen LogP contribution >= 0.6 is 0 Å². The zero-order valence-electron chi connectivity index (χ0n) is 23.4. The number of aromatic nitrogens is 1. The molecule has 2 fully saturated rings. The molecule has 5 rings (SSSR count). The molecule has 0 unspecified atom stereocenters. The molecule has 3 aliphatic heterocycles. The molecule has 0 spiro atoms. The Labute approximate surface area is 233 Å². The van der Waals surface area contributed by atoms with E-state index in [1.54, 1.807) is 12.1 Å². The Balaban J connectivity index is 0.00000353. The Morgan fingerprint density at radius 2 is 1.79 bits per heavy atom. The van der Waals surface area contributed by atoms with Gasteiger partial charge in [0.2, 0.25) is 5.91 Å². The third kappa shape index (κ3) is 6.85. The second-order valence-electron chi connectivity index (χ2n) is 12.2. The van der Waals surface area contributed by atoms with Crippen LogP contribution in [0.2, 0.25) is 0 Å². The molecular formula is C31H46FN5O2. The van der Waals surface area contributed by atoms with E-state index in [1.807, 2.05) is 11.1 Å². The van der Waals surface area contributed by atoms with Gasteiger partial charge in [0.05, 0.1) is 30.1 Å². The van der Waals surface area contributed by atoms with E-state index < -0.39 is 0 Å². The number of hydrogen-bond donors (Lipinski definition) is 1. The molecule has 1 N–H and O–H groups in total.